The summed E-state index contributed by atoms with van der Waals surface area (Å²) < 4.78 is 12.6. The molecule has 4 rings (SSSR count). The van der Waals surface area contributed by atoms with Crippen LogP contribution in [0.4, 0.5) is 5.82 Å². The zero-order valence-corrected chi connectivity index (χ0v) is 18.6. The minimum atomic E-state index is -0.352. The number of carbonyl (C=O) groups is 1. The normalized spacial score (nSPS) is 10.9. The fourth-order valence-corrected chi connectivity index (χ4v) is 3.85. The van der Waals surface area contributed by atoms with Crippen LogP contribution >= 0.6 is 23.2 Å². The third kappa shape index (κ3) is 4.17. The van der Waals surface area contributed by atoms with Gasteiger partial charge in [-0.25, -0.2) is 4.98 Å². The molecule has 0 atom stereocenters. The lowest BCUT2D eigenvalue weighted by atomic mass is 10.1. The van der Waals surface area contributed by atoms with E-state index >= 15 is 0 Å². The quantitative estimate of drug-likeness (QED) is 0.407. The summed E-state index contributed by atoms with van der Waals surface area (Å²) in [6.07, 6.45) is 1.91. The SMILES string of the molecule is COc1ccc(-c2nc3ccc(C)cn3c2NC(=O)c2cc(Cl)cc(Cl)c2)cc1OC. The zero-order valence-electron chi connectivity index (χ0n) is 17.1. The summed E-state index contributed by atoms with van der Waals surface area (Å²) >= 11 is 12.1. The zero-order chi connectivity index (χ0) is 22.1. The Hall–Kier alpha value is -3.22. The lowest BCUT2D eigenvalue weighted by Crippen LogP contribution is -2.14. The van der Waals surface area contributed by atoms with Crippen LogP contribution in [-0.2, 0) is 0 Å². The highest BCUT2D eigenvalue weighted by atomic mass is 35.5. The van der Waals surface area contributed by atoms with Crippen LogP contribution in [0.2, 0.25) is 10.0 Å². The Kier molecular flexibility index (Phi) is 5.76. The molecule has 0 unspecified atom stereocenters. The second-order valence-corrected chi connectivity index (χ2v) is 7.80. The van der Waals surface area contributed by atoms with E-state index in [1.165, 1.54) is 0 Å². The van der Waals surface area contributed by atoms with E-state index in [1.807, 2.05) is 41.8 Å². The first-order valence-electron chi connectivity index (χ1n) is 9.38. The average Bonchev–Trinajstić information content (AvgIpc) is 3.10. The van der Waals surface area contributed by atoms with E-state index < -0.39 is 0 Å². The van der Waals surface area contributed by atoms with Crippen molar-refractivity contribution in [1.29, 1.82) is 0 Å². The number of methoxy groups -OCH3 is 2. The molecule has 0 radical (unpaired) electrons. The summed E-state index contributed by atoms with van der Waals surface area (Å²) in [6.45, 7) is 1.97. The molecule has 0 aliphatic heterocycles. The van der Waals surface area contributed by atoms with Crippen LogP contribution in [0.5, 0.6) is 11.5 Å². The number of carbonyl (C=O) groups excluding carboxylic acids is 1. The Morgan fingerprint density at radius 1 is 0.968 bits per heavy atom. The largest absolute Gasteiger partial charge is 0.493 e. The number of aromatic nitrogens is 2. The molecule has 31 heavy (non-hydrogen) atoms. The van der Waals surface area contributed by atoms with Crippen LogP contribution in [0.25, 0.3) is 16.9 Å². The van der Waals surface area contributed by atoms with Crippen molar-refractivity contribution in [2.24, 2.45) is 0 Å². The van der Waals surface area contributed by atoms with E-state index in [4.69, 9.17) is 37.7 Å². The van der Waals surface area contributed by atoms with Gasteiger partial charge in [0.15, 0.2) is 11.5 Å². The number of fused-ring (bicyclic) bond motifs is 1. The third-order valence-corrected chi connectivity index (χ3v) is 5.22. The van der Waals surface area contributed by atoms with E-state index in [2.05, 4.69) is 5.32 Å². The highest BCUT2D eigenvalue weighted by Gasteiger charge is 2.19. The summed E-state index contributed by atoms with van der Waals surface area (Å²) in [5.41, 5.74) is 3.41. The van der Waals surface area contributed by atoms with Crippen molar-refractivity contribution in [3.8, 4) is 22.8 Å². The summed E-state index contributed by atoms with van der Waals surface area (Å²) in [4.78, 5) is 17.8. The molecule has 0 saturated heterocycles. The van der Waals surface area contributed by atoms with Crippen molar-refractivity contribution in [2.45, 2.75) is 6.92 Å². The Balaban J connectivity index is 1.85. The van der Waals surface area contributed by atoms with Gasteiger partial charge in [0.25, 0.3) is 5.91 Å². The lowest BCUT2D eigenvalue weighted by molar-refractivity contribution is 0.102. The maximum absolute atomic E-state index is 13.0. The molecule has 2 aromatic carbocycles. The number of hydrogen-bond donors (Lipinski definition) is 1. The van der Waals surface area contributed by atoms with Crippen molar-refractivity contribution >= 4 is 40.6 Å². The van der Waals surface area contributed by atoms with Crippen molar-refractivity contribution in [1.82, 2.24) is 9.38 Å². The molecular weight excluding hydrogens is 437 g/mol. The predicted octanol–water partition coefficient (Wildman–Crippen LogP) is 5.89. The highest BCUT2D eigenvalue weighted by molar-refractivity contribution is 6.35. The van der Waals surface area contributed by atoms with Gasteiger partial charge in [0.05, 0.1) is 14.2 Å². The molecule has 0 aliphatic carbocycles. The van der Waals surface area contributed by atoms with Gasteiger partial charge in [-0.2, -0.15) is 0 Å². The van der Waals surface area contributed by atoms with Crippen LogP contribution in [0, 0.1) is 6.92 Å². The van der Waals surface area contributed by atoms with Crippen molar-refractivity contribution in [3.63, 3.8) is 0 Å². The number of rotatable bonds is 5. The van der Waals surface area contributed by atoms with Gasteiger partial charge < -0.3 is 14.8 Å². The van der Waals surface area contributed by atoms with Crippen molar-refractivity contribution in [2.75, 3.05) is 19.5 Å². The second kappa shape index (κ2) is 8.49. The standard InChI is InChI=1S/C23H19Cl2N3O3/c1-13-4-7-20-26-21(14-5-6-18(30-2)19(10-14)31-3)22(28(20)12-13)27-23(29)15-8-16(24)11-17(25)9-15/h4-12H,1-3H3,(H,27,29). The minimum Gasteiger partial charge on any atom is -0.493 e. The Labute approximate surface area is 189 Å². The predicted molar refractivity (Wildman–Crippen MR) is 123 cm³/mol. The number of aryl methyl sites for hydroxylation is 1. The number of pyridine rings is 1. The fraction of sp³-hybridized carbons (Fsp3) is 0.130. The van der Waals surface area contributed by atoms with Crippen molar-refractivity contribution < 1.29 is 14.3 Å². The monoisotopic (exact) mass is 455 g/mol. The molecule has 4 aromatic rings. The van der Waals surface area contributed by atoms with Crippen LogP contribution < -0.4 is 14.8 Å². The number of amides is 1. The number of anilines is 1. The second-order valence-electron chi connectivity index (χ2n) is 6.93. The van der Waals surface area contributed by atoms with Gasteiger partial charge in [0.1, 0.15) is 17.2 Å². The summed E-state index contributed by atoms with van der Waals surface area (Å²) in [5, 5.41) is 3.73. The summed E-state index contributed by atoms with van der Waals surface area (Å²) in [5.74, 6) is 1.33. The number of nitrogens with zero attached hydrogens (tertiary/aromatic N) is 2. The van der Waals surface area contributed by atoms with Crippen LogP contribution in [0.3, 0.4) is 0 Å². The topological polar surface area (TPSA) is 64.9 Å². The first-order valence-corrected chi connectivity index (χ1v) is 10.1. The highest BCUT2D eigenvalue weighted by Crippen LogP contribution is 2.36. The van der Waals surface area contributed by atoms with E-state index in [0.717, 1.165) is 11.1 Å². The van der Waals surface area contributed by atoms with Gasteiger partial charge in [-0.15, -0.1) is 0 Å². The van der Waals surface area contributed by atoms with Gasteiger partial charge >= 0.3 is 0 Å². The summed E-state index contributed by atoms with van der Waals surface area (Å²) in [7, 11) is 3.15. The first kappa shape index (κ1) is 21.0. The fourth-order valence-electron chi connectivity index (χ4n) is 3.32. The number of halogens is 2. The molecule has 0 spiro atoms. The maximum atomic E-state index is 13.0. The van der Waals surface area contributed by atoms with Gasteiger partial charge in [0.2, 0.25) is 0 Å². The molecule has 1 amide bonds. The molecule has 2 heterocycles. The molecule has 8 heteroatoms. The molecule has 0 saturated carbocycles. The molecule has 0 fully saturated rings. The van der Waals surface area contributed by atoms with E-state index in [9.17, 15) is 4.79 Å². The number of hydrogen-bond acceptors (Lipinski definition) is 4. The van der Waals surface area contributed by atoms with Crippen molar-refractivity contribution in [3.05, 3.63) is 75.9 Å². The first-order chi connectivity index (χ1) is 14.9. The van der Waals surface area contributed by atoms with Gasteiger partial charge in [-0.1, -0.05) is 29.3 Å². The molecule has 0 bridgehead atoms. The molecule has 6 nitrogen and oxygen atoms in total. The number of imidazole rings is 1. The van der Waals surface area contributed by atoms with E-state index in [-0.39, 0.29) is 5.91 Å². The number of ether oxygens (including phenoxy) is 2. The molecule has 158 valence electrons. The molecule has 0 aliphatic rings. The minimum absolute atomic E-state index is 0.346. The lowest BCUT2D eigenvalue weighted by Gasteiger charge is -2.11. The Morgan fingerprint density at radius 2 is 1.68 bits per heavy atom. The van der Waals surface area contributed by atoms with Crippen LogP contribution in [0.1, 0.15) is 15.9 Å². The number of benzene rings is 2. The molecule has 2 aromatic heterocycles. The molecule has 1 N–H and O–H groups in total. The van der Waals surface area contributed by atoms with Gasteiger partial charge in [-0.05, 0) is 55.0 Å². The summed E-state index contributed by atoms with van der Waals surface area (Å²) in [6, 6.07) is 14.0. The van der Waals surface area contributed by atoms with Crippen LogP contribution in [0.15, 0.2) is 54.7 Å². The van der Waals surface area contributed by atoms with E-state index in [1.54, 1.807) is 38.5 Å². The van der Waals surface area contributed by atoms with Crippen LogP contribution in [-0.4, -0.2) is 29.5 Å². The molecular formula is C23H19Cl2N3O3. The van der Waals surface area contributed by atoms with Gasteiger partial charge in [0, 0.05) is 27.4 Å². The number of nitrogens with one attached hydrogen (secondary N) is 1. The smallest absolute Gasteiger partial charge is 0.256 e. The van der Waals surface area contributed by atoms with Gasteiger partial charge in [-0.3, -0.25) is 9.20 Å². The Morgan fingerprint density at radius 3 is 2.35 bits per heavy atom. The average molecular weight is 456 g/mol. The maximum Gasteiger partial charge on any atom is 0.256 e. The Bertz CT molecular complexity index is 1280. The third-order valence-electron chi connectivity index (χ3n) is 4.78. The van der Waals surface area contributed by atoms with E-state index in [0.29, 0.717) is 44.3 Å².